The lowest BCUT2D eigenvalue weighted by Gasteiger charge is -2.18. The summed E-state index contributed by atoms with van der Waals surface area (Å²) in [6, 6.07) is 7.68. The number of hydrogen-bond donors (Lipinski definition) is 2. The quantitative estimate of drug-likeness (QED) is 0.571. The topological polar surface area (TPSA) is 48.9 Å². The average molecular weight is 372 g/mol. The number of benzene rings is 1. The molecule has 0 radical (unpaired) electrons. The number of methoxy groups -OCH3 is 1. The van der Waals surface area contributed by atoms with E-state index in [2.05, 4.69) is 15.6 Å². The molecule has 1 unspecified atom stereocenters. The molecule has 8 heteroatoms. The maximum Gasteiger partial charge on any atom is 0.401 e. The van der Waals surface area contributed by atoms with E-state index in [0.717, 1.165) is 17.7 Å². The predicted molar refractivity (Wildman–Crippen MR) is 96.4 cm³/mol. The second-order valence-corrected chi connectivity index (χ2v) is 6.39. The number of nitrogens with zero attached hydrogens (tertiary/aromatic N) is 2. The molecule has 0 bridgehead atoms. The van der Waals surface area contributed by atoms with E-state index >= 15 is 0 Å². The fourth-order valence-corrected chi connectivity index (χ4v) is 3.06. The van der Waals surface area contributed by atoms with Crippen LogP contribution in [0, 0.1) is 5.92 Å². The second kappa shape index (κ2) is 9.66. The number of nitrogens with one attached hydrogen (secondary N) is 2. The summed E-state index contributed by atoms with van der Waals surface area (Å²) in [5.74, 6) is 1.63. The Labute approximate surface area is 152 Å². The van der Waals surface area contributed by atoms with Crippen molar-refractivity contribution in [3.63, 3.8) is 0 Å². The van der Waals surface area contributed by atoms with E-state index in [9.17, 15) is 13.2 Å². The normalized spacial score (nSPS) is 18.8. The van der Waals surface area contributed by atoms with Crippen LogP contribution in [0.5, 0.6) is 5.75 Å². The summed E-state index contributed by atoms with van der Waals surface area (Å²) in [5, 5.41) is 6.41. The molecule has 1 heterocycles. The molecular formula is C18H27F3N4O. The van der Waals surface area contributed by atoms with E-state index < -0.39 is 12.7 Å². The summed E-state index contributed by atoms with van der Waals surface area (Å²) in [5.41, 5.74) is 0.976. The highest BCUT2D eigenvalue weighted by Gasteiger charge is 2.34. The number of guanidine groups is 1. The van der Waals surface area contributed by atoms with Crippen LogP contribution in [0.15, 0.2) is 29.3 Å². The summed E-state index contributed by atoms with van der Waals surface area (Å²) >= 11 is 0. The number of ether oxygens (including phenoxy) is 1. The van der Waals surface area contributed by atoms with E-state index in [-0.39, 0.29) is 5.92 Å². The third kappa shape index (κ3) is 6.74. The lowest BCUT2D eigenvalue weighted by Crippen LogP contribution is -2.40. The Bertz CT molecular complexity index is 592. The van der Waals surface area contributed by atoms with Crippen LogP contribution in [0.3, 0.4) is 0 Å². The molecule has 146 valence electrons. The van der Waals surface area contributed by atoms with E-state index in [1.54, 1.807) is 7.11 Å². The first-order valence-corrected chi connectivity index (χ1v) is 8.84. The zero-order valence-electron chi connectivity index (χ0n) is 15.3. The van der Waals surface area contributed by atoms with Crippen molar-refractivity contribution in [2.75, 3.05) is 39.8 Å². The minimum absolute atomic E-state index is 0.187. The summed E-state index contributed by atoms with van der Waals surface area (Å²) in [7, 11) is 1.62. The molecule has 2 N–H and O–H groups in total. The number of halogens is 3. The maximum atomic E-state index is 12.5. The largest absolute Gasteiger partial charge is 0.496 e. The van der Waals surface area contributed by atoms with Gasteiger partial charge < -0.3 is 15.4 Å². The van der Waals surface area contributed by atoms with Gasteiger partial charge in [0.25, 0.3) is 0 Å². The molecule has 1 saturated heterocycles. The highest BCUT2D eigenvalue weighted by Crippen LogP contribution is 2.22. The highest BCUT2D eigenvalue weighted by molar-refractivity contribution is 5.79. The molecule has 1 aliphatic heterocycles. The zero-order valence-corrected chi connectivity index (χ0v) is 15.3. The molecule has 1 aliphatic rings. The molecular weight excluding hydrogens is 345 g/mol. The van der Waals surface area contributed by atoms with Gasteiger partial charge in [0.05, 0.1) is 20.2 Å². The van der Waals surface area contributed by atoms with E-state index in [1.165, 1.54) is 4.90 Å². The first kappa shape index (κ1) is 20.4. The van der Waals surface area contributed by atoms with Gasteiger partial charge in [-0.3, -0.25) is 4.90 Å². The van der Waals surface area contributed by atoms with Crippen molar-refractivity contribution in [2.24, 2.45) is 10.9 Å². The fourth-order valence-electron chi connectivity index (χ4n) is 3.06. The molecule has 1 fully saturated rings. The third-order valence-electron chi connectivity index (χ3n) is 4.28. The van der Waals surface area contributed by atoms with Crippen molar-refractivity contribution < 1.29 is 17.9 Å². The standard InChI is InChI=1S/C18H27F3N4O/c1-3-22-17(24-11-15-6-4-5-7-16(15)26-2)23-10-14-8-9-25(12-14)13-18(19,20)21/h4-7,14H,3,8-13H2,1-2H3,(H2,22,23,24). The van der Waals surface area contributed by atoms with Gasteiger partial charge in [0.2, 0.25) is 0 Å². The van der Waals surface area contributed by atoms with Gasteiger partial charge in [-0.15, -0.1) is 0 Å². The maximum absolute atomic E-state index is 12.5. The number of likely N-dealkylation sites (tertiary alicyclic amines) is 1. The Hall–Kier alpha value is -1.96. The van der Waals surface area contributed by atoms with Gasteiger partial charge in [-0.25, -0.2) is 4.99 Å². The highest BCUT2D eigenvalue weighted by atomic mass is 19.4. The predicted octanol–water partition coefficient (Wildman–Crippen LogP) is 2.63. The molecule has 0 aromatic heterocycles. The Balaban J connectivity index is 1.86. The van der Waals surface area contributed by atoms with Gasteiger partial charge in [-0.1, -0.05) is 18.2 Å². The summed E-state index contributed by atoms with van der Waals surface area (Å²) in [6.07, 6.45) is -3.37. The van der Waals surface area contributed by atoms with Gasteiger partial charge >= 0.3 is 6.18 Å². The van der Waals surface area contributed by atoms with E-state index in [0.29, 0.717) is 38.7 Å². The smallest absolute Gasteiger partial charge is 0.401 e. The molecule has 26 heavy (non-hydrogen) atoms. The van der Waals surface area contributed by atoms with Crippen molar-refractivity contribution in [3.05, 3.63) is 29.8 Å². The minimum atomic E-state index is -4.13. The molecule has 0 amide bonds. The number of rotatable bonds is 7. The van der Waals surface area contributed by atoms with E-state index in [4.69, 9.17) is 4.74 Å². The molecule has 2 rings (SSSR count). The molecule has 0 aliphatic carbocycles. The van der Waals surface area contributed by atoms with Crippen molar-refractivity contribution in [1.29, 1.82) is 0 Å². The van der Waals surface area contributed by atoms with Gasteiger partial charge in [-0.05, 0) is 31.9 Å². The Morgan fingerprint density at radius 1 is 1.31 bits per heavy atom. The molecule has 1 atom stereocenters. The number of aliphatic imine (C=N–C) groups is 1. The van der Waals surface area contributed by atoms with Crippen molar-refractivity contribution in [2.45, 2.75) is 26.1 Å². The number of hydrogen-bond acceptors (Lipinski definition) is 3. The van der Waals surface area contributed by atoms with Crippen LogP contribution in [0.1, 0.15) is 18.9 Å². The van der Waals surface area contributed by atoms with Crippen LogP contribution >= 0.6 is 0 Å². The Morgan fingerprint density at radius 2 is 2.08 bits per heavy atom. The van der Waals surface area contributed by atoms with Crippen LogP contribution in [0.2, 0.25) is 0 Å². The number of para-hydroxylation sites is 1. The minimum Gasteiger partial charge on any atom is -0.496 e. The molecule has 5 nitrogen and oxygen atoms in total. The van der Waals surface area contributed by atoms with Crippen molar-refractivity contribution in [3.8, 4) is 5.75 Å². The molecule has 0 spiro atoms. The summed E-state index contributed by atoms with van der Waals surface area (Å²) < 4.78 is 42.8. The third-order valence-corrected chi connectivity index (χ3v) is 4.28. The van der Waals surface area contributed by atoms with Crippen LogP contribution < -0.4 is 15.4 Å². The van der Waals surface area contributed by atoms with Gasteiger partial charge in [0, 0.05) is 25.2 Å². The zero-order chi connectivity index (χ0) is 19.0. The second-order valence-electron chi connectivity index (χ2n) is 6.39. The first-order valence-electron chi connectivity index (χ1n) is 8.84. The van der Waals surface area contributed by atoms with E-state index in [1.807, 2.05) is 31.2 Å². The van der Waals surface area contributed by atoms with Crippen LogP contribution in [-0.2, 0) is 6.54 Å². The van der Waals surface area contributed by atoms with Crippen molar-refractivity contribution in [1.82, 2.24) is 15.5 Å². The Kier molecular flexibility index (Phi) is 7.56. The van der Waals surface area contributed by atoms with Gasteiger partial charge in [0.15, 0.2) is 5.96 Å². The Morgan fingerprint density at radius 3 is 2.77 bits per heavy atom. The molecule has 1 aromatic carbocycles. The lowest BCUT2D eigenvalue weighted by atomic mass is 10.1. The van der Waals surface area contributed by atoms with Crippen LogP contribution in [-0.4, -0.2) is 56.9 Å². The summed E-state index contributed by atoms with van der Waals surface area (Å²) in [4.78, 5) is 6.02. The number of alkyl halides is 3. The van der Waals surface area contributed by atoms with Crippen LogP contribution in [0.4, 0.5) is 13.2 Å². The lowest BCUT2D eigenvalue weighted by molar-refractivity contribution is -0.143. The SMILES string of the molecule is CCNC(=NCc1ccccc1OC)NCC1CCN(CC(F)(F)F)C1. The fraction of sp³-hybridized carbons (Fsp3) is 0.611. The molecule has 0 saturated carbocycles. The average Bonchev–Trinajstić information content (AvgIpc) is 3.03. The molecule has 1 aromatic rings. The van der Waals surface area contributed by atoms with Crippen LogP contribution in [0.25, 0.3) is 0 Å². The van der Waals surface area contributed by atoms with Gasteiger partial charge in [-0.2, -0.15) is 13.2 Å². The van der Waals surface area contributed by atoms with Gasteiger partial charge in [0.1, 0.15) is 5.75 Å². The van der Waals surface area contributed by atoms with Crippen molar-refractivity contribution >= 4 is 5.96 Å². The monoisotopic (exact) mass is 372 g/mol. The first-order chi connectivity index (χ1) is 12.4. The summed E-state index contributed by atoms with van der Waals surface area (Å²) in [6.45, 7) is 3.87.